The molecule has 0 aliphatic carbocycles. The van der Waals surface area contributed by atoms with Crippen LogP contribution in [0.5, 0.6) is 0 Å². The van der Waals surface area contributed by atoms with E-state index in [0.29, 0.717) is 18.3 Å². The minimum absolute atomic E-state index is 0.321. The van der Waals surface area contributed by atoms with Gasteiger partial charge in [-0.25, -0.2) is 14.1 Å². The smallest absolute Gasteiger partial charge is 0.158 e. The lowest BCUT2D eigenvalue weighted by molar-refractivity contribution is 0.546. The second-order valence-electron chi connectivity index (χ2n) is 5.87. The Morgan fingerprint density at radius 2 is 2.00 bits per heavy atom. The molecule has 0 saturated carbocycles. The van der Waals surface area contributed by atoms with Crippen molar-refractivity contribution in [3.8, 4) is 5.82 Å². The van der Waals surface area contributed by atoms with Crippen LogP contribution in [0.1, 0.15) is 36.4 Å². The monoisotopic (exact) mass is 290 g/mol. The molecule has 114 valence electrons. The average Bonchev–Trinajstić information content (AvgIpc) is 2.66. The van der Waals surface area contributed by atoms with Gasteiger partial charge in [0.15, 0.2) is 5.82 Å². The molecule has 5 heteroatoms. The number of halogens is 1. The zero-order chi connectivity index (χ0) is 15.6. The second-order valence-corrected chi connectivity index (χ2v) is 5.87. The third kappa shape index (κ3) is 3.47. The van der Waals surface area contributed by atoms with Crippen molar-refractivity contribution in [2.45, 2.75) is 41.2 Å². The predicted octanol–water partition coefficient (Wildman–Crippen LogP) is 3.08. The van der Waals surface area contributed by atoms with Crippen LogP contribution in [0.25, 0.3) is 5.82 Å². The van der Waals surface area contributed by atoms with E-state index in [1.807, 2.05) is 20.8 Å². The number of pyridine rings is 1. The highest BCUT2D eigenvalue weighted by Gasteiger charge is 2.14. The summed E-state index contributed by atoms with van der Waals surface area (Å²) in [6.07, 6.45) is 1.24. The van der Waals surface area contributed by atoms with E-state index in [2.05, 4.69) is 29.2 Å². The van der Waals surface area contributed by atoms with Crippen molar-refractivity contribution in [2.24, 2.45) is 5.92 Å². The molecule has 0 fully saturated rings. The number of rotatable bonds is 5. The highest BCUT2D eigenvalue weighted by Crippen LogP contribution is 2.19. The fourth-order valence-corrected chi connectivity index (χ4v) is 2.22. The maximum Gasteiger partial charge on any atom is 0.158 e. The molecule has 0 spiro atoms. The Morgan fingerprint density at radius 1 is 1.29 bits per heavy atom. The van der Waals surface area contributed by atoms with Crippen LogP contribution in [0.15, 0.2) is 12.3 Å². The molecular formula is C16H23FN4. The zero-order valence-electron chi connectivity index (χ0n) is 13.4. The molecule has 0 saturated heterocycles. The van der Waals surface area contributed by atoms with Crippen molar-refractivity contribution in [2.75, 3.05) is 6.54 Å². The fraction of sp³-hybridized carbons (Fsp3) is 0.500. The first-order valence-corrected chi connectivity index (χ1v) is 7.28. The molecule has 0 radical (unpaired) electrons. The number of nitrogens with zero attached hydrogens (tertiary/aromatic N) is 3. The van der Waals surface area contributed by atoms with E-state index < -0.39 is 0 Å². The minimum Gasteiger partial charge on any atom is -0.312 e. The van der Waals surface area contributed by atoms with Crippen LogP contribution < -0.4 is 5.32 Å². The summed E-state index contributed by atoms with van der Waals surface area (Å²) in [6, 6.07) is 1.53. The summed E-state index contributed by atoms with van der Waals surface area (Å²) >= 11 is 0. The minimum atomic E-state index is -0.321. The standard InChI is InChI=1S/C16H23FN4/c1-10(2)7-18-8-14-6-15(17)9-19-16(14)21-13(5)11(3)12(4)20-21/h6,9-10,18H,7-8H2,1-5H3. The average molecular weight is 290 g/mol. The summed E-state index contributed by atoms with van der Waals surface area (Å²) in [7, 11) is 0. The van der Waals surface area contributed by atoms with Crippen LogP contribution in [0.2, 0.25) is 0 Å². The first-order valence-electron chi connectivity index (χ1n) is 7.28. The third-order valence-electron chi connectivity index (χ3n) is 3.63. The van der Waals surface area contributed by atoms with Crippen molar-refractivity contribution < 1.29 is 4.39 Å². The van der Waals surface area contributed by atoms with Crippen molar-refractivity contribution >= 4 is 0 Å². The number of hydrogen-bond donors (Lipinski definition) is 1. The van der Waals surface area contributed by atoms with Gasteiger partial charge in [0.25, 0.3) is 0 Å². The van der Waals surface area contributed by atoms with Gasteiger partial charge in [0, 0.05) is 17.8 Å². The number of aryl methyl sites for hydroxylation is 1. The van der Waals surface area contributed by atoms with Gasteiger partial charge >= 0.3 is 0 Å². The van der Waals surface area contributed by atoms with Crippen molar-refractivity contribution in [3.05, 3.63) is 40.6 Å². The van der Waals surface area contributed by atoms with E-state index in [9.17, 15) is 4.39 Å². The Bertz CT molecular complexity index is 631. The van der Waals surface area contributed by atoms with E-state index in [-0.39, 0.29) is 5.82 Å². The van der Waals surface area contributed by atoms with Crippen LogP contribution in [-0.2, 0) is 6.54 Å². The van der Waals surface area contributed by atoms with Gasteiger partial charge in [-0.1, -0.05) is 13.8 Å². The summed E-state index contributed by atoms with van der Waals surface area (Å²) in [5.41, 5.74) is 3.97. The maximum absolute atomic E-state index is 13.5. The molecular weight excluding hydrogens is 267 g/mol. The lowest BCUT2D eigenvalue weighted by Gasteiger charge is -2.12. The molecule has 0 amide bonds. The summed E-state index contributed by atoms with van der Waals surface area (Å²) in [5, 5.41) is 7.85. The molecule has 4 nitrogen and oxygen atoms in total. The molecule has 0 aliphatic rings. The van der Waals surface area contributed by atoms with Crippen molar-refractivity contribution in [1.29, 1.82) is 0 Å². The van der Waals surface area contributed by atoms with Crippen LogP contribution >= 0.6 is 0 Å². The van der Waals surface area contributed by atoms with Crippen molar-refractivity contribution in [1.82, 2.24) is 20.1 Å². The van der Waals surface area contributed by atoms with E-state index in [0.717, 1.165) is 29.1 Å². The highest BCUT2D eigenvalue weighted by atomic mass is 19.1. The normalized spacial score (nSPS) is 11.4. The molecule has 21 heavy (non-hydrogen) atoms. The maximum atomic E-state index is 13.5. The second kappa shape index (κ2) is 6.35. The molecule has 0 unspecified atom stereocenters. The van der Waals surface area contributed by atoms with Crippen molar-refractivity contribution in [3.63, 3.8) is 0 Å². The van der Waals surface area contributed by atoms with E-state index in [1.54, 1.807) is 4.68 Å². The van der Waals surface area contributed by atoms with Gasteiger partial charge in [0.1, 0.15) is 5.82 Å². The summed E-state index contributed by atoms with van der Waals surface area (Å²) in [5.74, 6) is 0.922. The molecule has 2 rings (SSSR count). The molecule has 0 aromatic carbocycles. The molecule has 1 N–H and O–H groups in total. The quantitative estimate of drug-likeness (QED) is 0.920. The number of aromatic nitrogens is 3. The van der Waals surface area contributed by atoms with E-state index in [1.165, 1.54) is 12.3 Å². The van der Waals surface area contributed by atoms with Crippen LogP contribution in [-0.4, -0.2) is 21.3 Å². The molecule has 0 aliphatic heterocycles. The Balaban J connectivity index is 2.36. The van der Waals surface area contributed by atoms with Crippen LogP contribution in [0, 0.1) is 32.5 Å². The van der Waals surface area contributed by atoms with Gasteiger partial charge in [-0.3, -0.25) is 0 Å². The SMILES string of the molecule is Cc1nn(-c2ncc(F)cc2CNCC(C)C)c(C)c1C. The van der Waals surface area contributed by atoms with Gasteiger partial charge in [-0.2, -0.15) is 5.10 Å². The first-order chi connectivity index (χ1) is 9.90. The summed E-state index contributed by atoms with van der Waals surface area (Å²) < 4.78 is 15.3. The van der Waals surface area contributed by atoms with E-state index in [4.69, 9.17) is 0 Å². The Hall–Kier alpha value is -1.75. The van der Waals surface area contributed by atoms with Gasteiger partial charge < -0.3 is 5.32 Å². The highest BCUT2D eigenvalue weighted by molar-refractivity contribution is 5.37. The zero-order valence-corrected chi connectivity index (χ0v) is 13.4. The fourth-order valence-electron chi connectivity index (χ4n) is 2.22. The third-order valence-corrected chi connectivity index (χ3v) is 3.63. The summed E-state index contributed by atoms with van der Waals surface area (Å²) in [4.78, 5) is 4.25. The molecule has 2 aromatic heterocycles. The largest absolute Gasteiger partial charge is 0.312 e. The predicted molar refractivity (Wildman–Crippen MR) is 82.1 cm³/mol. The number of nitrogens with one attached hydrogen (secondary N) is 1. The first kappa shape index (κ1) is 15.6. The molecule has 2 aromatic rings. The lowest BCUT2D eigenvalue weighted by atomic mass is 10.2. The topological polar surface area (TPSA) is 42.7 Å². The molecule has 2 heterocycles. The van der Waals surface area contributed by atoms with Crippen LogP contribution in [0.4, 0.5) is 4.39 Å². The van der Waals surface area contributed by atoms with E-state index >= 15 is 0 Å². The van der Waals surface area contributed by atoms with Gasteiger partial charge in [0.2, 0.25) is 0 Å². The number of hydrogen-bond acceptors (Lipinski definition) is 3. The lowest BCUT2D eigenvalue weighted by Crippen LogP contribution is -2.21. The van der Waals surface area contributed by atoms with Gasteiger partial charge in [0.05, 0.1) is 11.9 Å². The molecule has 0 atom stereocenters. The summed E-state index contributed by atoms with van der Waals surface area (Å²) in [6.45, 7) is 11.8. The Labute approximate surface area is 125 Å². The van der Waals surface area contributed by atoms with Gasteiger partial charge in [-0.05, 0) is 44.9 Å². The van der Waals surface area contributed by atoms with Crippen LogP contribution in [0.3, 0.4) is 0 Å². The van der Waals surface area contributed by atoms with Gasteiger partial charge in [-0.15, -0.1) is 0 Å². The Morgan fingerprint density at radius 3 is 2.57 bits per heavy atom. The Kier molecular flexibility index (Phi) is 4.73. The molecule has 0 bridgehead atoms.